The van der Waals surface area contributed by atoms with E-state index in [4.69, 9.17) is 0 Å². The smallest absolute Gasteiger partial charge is 0.255 e. The summed E-state index contributed by atoms with van der Waals surface area (Å²) >= 11 is 0. The average molecular weight is 381 g/mol. The van der Waals surface area contributed by atoms with Crippen LogP contribution >= 0.6 is 0 Å². The zero-order valence-corrected chi connectivity index (χ0v) is 15.7. The number of amides is 1. The van der Waals surface area contributed by atoms with Crippen molar-refractivity contribution < 1.29 is 9.18 Å². The fourth-order valence-electron chi connectivity index (χ4n) is 2.98. The number of alkyl halides is 1. The molecule has 0 fully saturated rings. The minimum Gasteiger partial charge on any atom is -0.357 e. The van der Waals surface area contributed by atoms with Crippen LogP contribution in [0.25, 0.3) is 27.7 Å². The van der Waals surface area contributed by atoms with E-state index in [0.717, 1.165) is 16.5 Å². The number of H-pyrrole nitrogens is 1. The number of aromatic amines is 1. The Balaban J connectivity index is 1.73. The van der Waals surface area contributed by atoms with Crippen molar-refractivity contribution in [1.29, 1.82) is 0 Å². The predicted molar refractivity (Wildman–Crippen MR) is 105 cm³/mol. The van der Waals surface area contributed by atoms with Gasteiger partial charge in [0.2, 0.25) is 5.95 Å². The molecule has 8 nitrogen and oxygen atoms in total. The number of hydrogen-bond acceptors (Lipinski definition) is 5. The van der Waals surface area contributed by atoms with Gasteiger partial charge in [-0.1, -0.05) is 0 Å². The molecule has 144 valence electrons. The Kier molecular flexibility index (Phi) is 4.21. The number of fused-ring (bicyclic) bond motifs is 2. The van der Waals surface area contributed by atoms with Crippen LogP contribution in [0.15, 0.2) is 36.9 Å². The monoisotopic (exact) mass is 381 g/mol. The molecule has 0 saturated heterocycles. The van der Waals surface area contributed by atoms with Gasteiger partial charge in [0.25, 0.3) is 5.91 Å². The minimum atomic E-state index is -1.49. The van der Waals surface area contributed by atoms with E-state index in [0.29, 0.717) is 22.7 Å². The molecule has 0 bridgehead atoms. The predicted octanol–water partition coefficient (Wildman–Crippen LogP) is 2.79. The van der Waals surface area contributed by atoms with Gasteiger partial charge in [-0.25, -0.2) is 13.9 Å². The van der Waals surface area contributed by atoms with Crippen molar-refractivity contribution in [2.75, 3.05) is 18.9 Å². The fourth-order valence-corrected chi connectivity index (χ4v) is 2.98. The molecular weight excluding hydrogens is 361 g/mol. The van der Waals surface area contributed by atoms with Crippen molar-refractivity contribution in [1.82, 2.24) is 29.9 Å². The molecule has 0 atom stereocenters. The van der Waals surface area contributed by atoms with Gasteiger partial charge in [0.1, 0.15) is 11.3 Å². The van der Waals surface area contributed by atoms with Gasteiger partial charge in [-0.15, -0.1) is 0 Å². The quantitative estimate of drug-likeness (QED) is 0.494. The summed E-state index contributed by atoms with van der Waals surface area (Å²) in [6.07, 6.45) is 6.86. The zero-order valence-electron chi connectivity index (χ0n) is 15.7. The summed E-state index contributed by atoms with van der Waals surface area (Å²) in [7, 11) is 1.76. The molecule has 4 aromatic rings. The van der Waals surface area contributed by atoms with Gasteiger partial charge in [0.05, 0.1) is 23.8 Å². The van der Waals surface area contributed by atoms with Gasteiger partial charge in [0.15, 0.2) is 0 Å². The van der Waals surface area contributed by atoms with Crippen LogP contribution < -0.4 is 10.6 Å². The Morgan fingerprint density at radius 1 is 1.36 bits per heavy atom. The Labute approximate surface area is 160 Å². The Morgan fingerprint density at radius 2 is 2.18 bits per heavy atom. The maximum Gasteiger partial charge on any atom is 0.255 e. The molecule has 4 aromatic heterocycles. The summed E-state index contributed by atoms with van der Waals surface area (Å²) in [5.74, 6) is 0.167. The molecule has 1 amide bonds. The average Bonchev–Trinajstić information content (AvgIpc) is 3.28. The van der Waals surface area contributed by atoms with Crippen LogP contribution in [0.2, 0.25) is 0 Å². The van der Waals surface area contributed by atoms with Gasteiger partial charge in [-0.2, -0.15) is 10.1 Å². The van der Waals surface area contributed by atoms with Crippen LogP contribution in [0.3, 0.4) is 0 Å². The minimum absolute atomic E-state index is 0.0730. The zero-order chi connectivity index (χ0) is 19.9. The normalized spacial score (nSPS) is 11.9. The van der Waals surface area contributed by atoms with E-state index < -0.39 is 5.67 Å². The van der Waals surface area contributed by atoms with Gasteiger partial charge in [-0.05, 0) is 31.5 Å². The van der Waals surface area contributed by atoms with Crippen molar-refractivity contribution in [2.45, 2.75) is 19.5 Å². The van der Waals surface area contributed by atoms with Gasteiger partial charge in [0, 0.05) is 36.6 Å². The van der Waals surface area contributed by atoms with E-state index in [1.807, 2.05) is 18.3 Å². The number of nitrogens with zero attached hydrogens (tertiary/aromatic N) is 4. The lowest BCUT2D eigenvalue weighted by molar-refractivity contribution is 0.0922. The van der Waals surface area contributed by atoms with E-state index in [-0.39, 0.29) is 12.5 Å². The second-order valence-electron chi connectivity index (χ2n) is 7.11. The molecule has 4 rings (SSSR count). The van der Waals surface area contributed by atoms with Crippen LogP contribution in [0, 0.1) is 0 Å². The number of carbonyl (C=O) groups is 1. The molecule has 0 unspecified atom stereocenters. The fraction of sp³-hybridized carbons (Fsp3) is 0.263. The molecular formula is C19H20FN7O. The summed E-state index contributed by atoms with van der Waals surface area (Å²) in [6, 6.07) is 3.78. The van der Waals surface area contributed by atoms with Crippen molar-refractivity contribution >= 4 is 28.4 Å². The van der Waals surface area contributed by atoms with E-state index in [2.05, 4.69) is 30.7 Å². The van der Waals surface area contributed by atoms with Gasteiger partial charge < -0.3 is 15.6 Å². The molecule has 3 N–H and O–H groups in total. The first kappa shape index (κ1) is 17.9. The first-order valence-electron chi connectivity index (χ1n) is 8.82. The molecule has 0 spiro atoms. The van der Waals surface area contributed by atoms with Crippen LogP contribution in [0.1, 0.15) is 24.2 Å². The third-order valence-corrected chi connectivity index (χ3v) is 4.40. The third kappa shape index (κ3) is 3.26. The van der Waals surface area contributed by atoms with Crippen LogP contribution in [0.5, 0.6) is 0 Å². The van der Waals surface area contributed by atoms with Crippen LogP contribution in [-0.2, 0) is 0 Å². The second kappa shape index (κ2) is 6.59. The molecule has 28 heavy (non-hydrogen) atoms. The summed E-state index contributed by atoms with van der Waals surface area (Å²) in [6.45, 7) is 2.76. The molecule has 0 aliphatic carbocycles. The van der Waals surface area contributed by atoms with Gasteiger partial charge in [-0.3, -0.25) is 4.79 Å². The second-order valence-corrected chi connectivity index (χ2v) is 7.11. The molecule has 0 aliphatic heterocycles. The summed E-state index contributed by atoms with van der Waals surface area (Å²) < 4.78 is 15.3. The highest BCUT2D eigenvalue weighted by atomic mass is 19.1. The third-order valence-electron chi connectivity index (χ3n) is 4.40. The van der Waals surface area contributed by atoms with Gasteiger partial charge >= 0.3 is 0 Å². The standard InChI is InChI=1S/C19H20FN7O/c1-19(2,20)10-24-17(28)14-9-25-27-5-4-11(6-15(14)27)12-7-22-16-13(12)8-23-18(21-3)26-16/h4-9H,10H2,1-3H3,(H,24,28)(H2,21,22,23,26). The maximum atomic E-state index is 13.7. The van der Waals surface area contributed by atoms with Crippen molar-refractivity contribution in [3.05, 3.63) is 42.5 Å². The van der Waals surface area contributed by atoms with Crippen molar-refractivity contribution in [3.8, 4) is 11.1 Å². The lowest BCUT2D eigenvalue weighted by Gasteiger charge is -2.14. The molecule has 9 heteroatoms. The summed E-state index contributed by atoms with van der Waals surface area (Å²) in [5.41, 5.74) is 2.05. The summed E-state index contributed by atoms with van der Waals surface area (Å²) in [5, 5.41) is 10.6. The lowest BCUT2D eigenvalue weighted by atomic mass is 10.1. The topological polar surface area (TPSA) is 100 Å². The SMILES string of the molecule is CNc1ncc2c(-c3ccn4ncc(C(=O)NCC(C)(C)F)c4c3)c[nH]c2n1. The Morgan fingerprint density at radius 3 is 2.93 bits per heavy atom. The first-order chi connectivity index (χ1) is 13.4. The highest BCUT2D eigenvalue weighted by Gasteiger charge is 2.20. The number of nitrogens with one attached hydrogen (secondary N) is 3. The number of halogens is 1. The highest BCUT2D eigenvalue weighted by Crippen LogP contribution is 2.29. The molecule has 0 aromatic carbocycles. The largest absolute Gasteiger partial charge is 0.357 e. The van der Waals surface area contributed by atoms with Crippen molar-refractivity contribution in [3.63, 3.8) is 0 Å². The van der Waals surface area contributed by atoms with Crippen molar-refractivity contribution in [2.24, 2.45) is 0 Å². The molecule has 0 radical (unpaired) electrons. The lowest BCUT2D eigenvalue weighted by Crippen LogP contribution is -2.35. The number of anilines is 1. The number of aromatic nitrogens is 5. The number of pyridine rings is 1. The van der Waals surface area contributed by atoms with E-state index in [1.165, 1.54) is 20.0 Å². The number of rotatable bonds is 5. The maximum absolute atomic E-state index is 13.7. The van der Waals surface area contributed by atoms with E-state index >= 15 is 0 Å². The molecule has 0 saturated carbocycles. The Bertz CT molecular complexity index is 1170. The molecule has 4 heterocycles. The first-order valence-corrected chi connectivity index (χ1v) is 8.82. The van der Waals surface area contributed by atoms with Crippen LogP contribution in [0.4, 0.5) is 10.3 Å². The van der Waals surface area contributed by atoms with E-state index in [9.17, 15) is 9.18 Å². The number of hydrogen-bond donors (Lipinski definition) is 3. The van der Waals surface area contributed by atoms with Crippen LogP contribution in [-0.4, -0.2) is 49.7 Å². The van der Waals surface area contributed by atoms with E-state index in [1.54, 1.807) is 24.0 Å². The molecule has 0 aliphatic rings. The Hall–Kier alpha value is -3.49. The number of carbonyl (C=O) groups excluding carboxylic acids is 1. The summed E-state index contributed by atoms with van der Waals surface area (Å²) in [4.78, 5) is 24.3. The highest BCUT2D eigenvalue weighted by molar-refractivity contribution is 6.02.